The van der Waals surface area contributed by atoms with Crippen molar-refractivity contribution in [3.63, 3.8) is 0 Å². The van der Waals surface area contributed by atoms with Gasteiger partial charge in [0.1, 0.15) is 11.4 Å². The van der Waals surface area contributed by atoms with Crippen molar-refractivity contribution in [3.05, 3.63) is 65.2 Å². The lowest BCUT2D eigenvalue weighted by Crippen LogP contribution is -2.10. The molecule has 1 amide bonds. The SMILES string of the molecule is COc1ccccc1-c1nnc(Nc2ccc(C(N)=O)cc2)c2c1CCC2. The Bertz CT molecular complexity index is 1000. The fourth-order valence-electron chi connectivity index (χ4n) is 3.50. The maximum atomic E-state index is 11.2. The number of anilines is 2. The van der Waals surface area contributed by atoms with Gasteiger partial charge in [0.2, 0.25) is 5.91 Å². The molecule has 2 aromatic carbocycles. The molecule has 4 rings (SSSR count). The van der Waals surface area contributed by atoms with Crippen LogP contribution in [0.1, 0.15) is 27.9 Å². The van der Waals surface area contributed by atoms with Crippen molar-refractivity contribution in [1.29, 1.82) is 0 Å². The molecular weight excluding hydrogens is 340 g/mol. The third kappa shape index (κ3) is 3.21. The Morgan fingerprint density at radius 2 is 1.78 bits per heavy atom. The second-order valence-corrected chi connectivity index (χ2v) is 6.47. The molecule has 0 radical (unpaired) electrons. The molecule has 6 heteroatoms. The third-order valence-corrected chi connectivity index (χ3v) is 4.83. The molecule has 0 bridgehead atoms. The Kier molecular flexibility index (Phi) is 4.46. The monoisotopic (exact) mass is 360 g/mol. The number of benzene rings is 2. The number of rotatable bonds is 5. The number of ether oxygens (including phenoxy) is 1. The average Bonchev–Trinajstić information content (AvgIpc) is 3.19. The number of nitrogens with two attached hydrogens (primary N) is 1. The molecule has 0 saturated heterocycles. The highest BCUT2D eigenvalue weighted by atomic mass is 16.5. The number of nitrogens with zero attached hydrogens (tertiary/aromatic N) is 2. The number of hydrogen-bond donors (Lipinski definition) is 2. The summed E-state index contributed by atoms with van der Waals surface area (Å²) in [6, 6.07) is 14.9. The molecule has 0 saturated carbocycles. The van der Waals surface area contributed by atoms with Crippen molar-refractivity contribution in [2.75, 3.05) is 12.4 Å². The predicted octanol–water partition coefficient (Wildman–Crippen LogP) is 3.48. The number of primary amides is 1. The maximum Gasteiger partial charge on any atom is 0.248 e. The van der Waals surface area contributed by atoms with E-state index in [1.165, 1.54) is 11.1 Å². The molecule has 0 unspecified atom stereocenters. The highest BCUT2D eigenvalue weighted by Gasteiger charge is 2.23. The summed E-state index contributed by atoms with van der Waals surface area (Å²) >= 11 is 0. The molecule has 1 heterocycles. The van der Waals surface area contributed by atoms with Gasteiger partial charge in [0.15, 0.2) is 5.82 Å². The van der Waals surface area contributed by atoms with E-state index in [-0.39, 0.29) is 0 Å². The van der Waals surface area contributed by atoms with E-state index in [0.717, 1.165) is 47.8 Å². The summed E-state index contributed by atoms with van der Waals surface area (Å²) in [5.74, 6) is 1.11. The predicted molar refractivity (Wildman–Crippen MR) is 104 cm³/mol. The van der Waals surface area contributed by atoms with Crippen LogP contribution in [0.4, 0.5) is 11.5 Å². The summed E-state index contributed by atoms with van der Waals surface area (Å²) in [5.41, 5.74) is 10.9. The van der Waals surface area contributed by atoms with Crippen LogP contribution in [-0.4, -0.2) is 23.2 Å². The van der Waals surface area contributed by atoms with Gasteiger partial charge in [0.05, 0.1) is 7.11 Å². The van der Waals surface area contributed by atoms with E-state index in [1.54, 1.807) is 19.2 Å². The van der Waals surface area contributed by atoms with Gasteiger partial charge in [-0.1, -0.05) is 12.1 Å². The van der Waals surface area contributed by atoms with Gasteiger partial charge in [-0.3, -0.25) is 4.79 Å². The molecule has 0 aliphatic heterocycles. The van der Waals surface area contributed by atoms with Gasteiger partial charge in [0, 0.05) is 22.4 Å². The van der Waals surface area contributed by atoms with E-state index >= 15 is 0 Å². The van der Waals surface area contributed by atoms with Gasteiger partial charge in [0.25, 0.3) is 0 Å². The van der Waals surface area contributed by atoms with Crippen LogP contribution in [0, 0.1) is 0 Å². The van der Waals surface area contributed by atoms with Gasteiger partial charge in [-0.25, -0.2) is 0 Å². The third-order valence-electron chi connectivity index (χ3n) is 4.83. The van der Waals surface area contributed by atoms with E-state index in [9.17, 15) is 4.79 Å². The van der Waals surface area contributed by atoms with Crippen molar-refractivity contribution in [3.8, 4) is 17.0 Å². The molecule has 27 heavy (non-hydrogen) atoms. The van der Waals surface area contributed by atoms with Gasteiger partial charge >= 0.3 is 0 Å². The van der Waals surface area contributed by atoms with Crippen LogP contribution in [0.3, 0.4) is 0 Å². The van der Waals surface area contributed by atoms with Gasteiger partial charge in [-0.05, 0) is 61.2 Å². The minimum Gasteiger partial charge on any atom is -0.496 e. The number of carbonyl (C=O) groups excluding carboxylic acids is 1. The Morgan fingerprint density at radius 3 is 2.52 bits per heavy atom. The highest BCUT2D eigenvalue weighted by Crippen LogP contribution is 2.38. The molecular formula is C21H20N4O2. The smallest absolute Gasteiger partial charge is 0.248 e. The number of hydrogen-bond acceptors (Lipinski definition) is 5. The summed E-state index contributed by atoms with van der Waals surface area (Å²) < 4.78 is 5.49. The average molecular weight is 360 g/mol. The second kappa shape index (κ2) is 7.07. The van der Waals surface area contributed by atoms with Gasteiger partial charge in [-0.2, -0.15) is 0 Å². The minimum atomic E-state index is -0.441. The molecule has 6 nitrogen and oxygen atoms in total. The van der Waals surface area contributed by atoms with Crippen LogP contribution in [-0.2, 0) is 12.8 Å². The molecule has 3 aromatic rings. The van der Waals surface area contributed by atoms with Crippen molar-refractivity contribution < 1.29 is 9.53 Å². The standard InChI is InChI=1S/C21H20N4O2/c1-27-18-8-3-2-5-17(18)19-15-6-4-7-16(15)21(25-24-19)23-14-11-9-13(10-12-14)20(22)26/h2-3,5,8-12H,4,6-7H2,1H3,(H2,22,26)(H,23,25). The van der Waals surface area contributed by atoms with E-state index in [4.69, 9.17) is 10.5 Å². The quantitative estimate of drug-likeness (QED) is 0.727. The number of methoxy groups -OCH3 is 1. The number of nitrogens with one attached hydrogen (secondary N) is 1. The van der Waals surface area contributed by atoms with Crippen molar-refractivity contribution >= 4 is 17.4 Å². The van der Waals surface area contributed by atoms with E-state index < -0.39 is 5.91 Å². The van der Waals surface area contributed by atoms with Crippen LogP contribution < -0.4 is 15.8 Å². The number of amides is 1. The summed E-state index contributed by atoms with van der Waals surface area (Å²) in [5, 5.41) is 12.3. The molecule has 1 aliphatic carbocycles. The van der Waals surface area contributed by atoms with Gasteiger partial charge < -0.3 is 15.8 Å². The first-order valence-corrected chi connectivity index (χ1v) is 8.86. The normalized spacial score (nSPS) is 12.5. The zero-order valence-corrected chi connectivity index (χ0v) is 15.0. The fourth-order valence-corrected chi connectivity index (χ4v) is 3.50. The molecule has 1 aliphatic rings. The summed E-state index contributed by atoms with van der Waals surface area (Å²) in [6.45, 7) is 0. The summed E-state index contributed by atoms with van der Waals surface area (Å²) in [4.78, 5) is 11.2. The lowest BCUT2D eigenvalue weighted by molar-refractivity contribution is 0.100. The molecule has 0 atom stereocenters. The Balaban J connectivity index is 1.70. The number of aromatic nitrogens is 2. The first kappa shape index (κ1) is 17.0. The van der Waals surface area contributed by atoms with Crippen LogP contribution in [0.5, 0.6) is 5.75 Å². The Hall–Kier alpha value is -3.41. The number of carbonyl (C=O) groups is 1. The Morgan fingerprint density at radius 1 is 1.04 bits per heavy atom. The van der Waals surface area contributed by atoms with Crippen LogP contribution >= 0.6 is 0 Å². The first-order chi connectivity index (χ1) is 13.2. The minimum absolute atomic E-state index is 0.441. The molecule has 0 fully saturated rings. The molecule has 3 N–H and O–H groups in total. The Labute approximate surface area is 157 Å². The fraction of sp³-hybridized carbons (Fsp3) is 0.190. The lowest BCUT2D eigenvalue weighted by Gasteiger charge is -2.14. The summed E-state index contributed by atoms with van der Waals surface area (Å²) in [7, 11) is 1.66. The van der Waals surface area contributed by atoms with Crippen LogP contribution in [0.2, 0.25) is 0 Å². The first-order valence-electron chi connectivity index (χ1n) is 8.86. The largest absolute Gasteiger partial charge is 0.496 e. The van der Waals surface area contributed by atoms with Gasteiger partial charge in [-0.15, -0.1) is 10.2 Å². The number of fused-ring (bicyclic) bond motifs is 1. The van der Waals surface area contributed by atoms with Crippen LogP contribution in [0.15, 0.2) is 48.5 Å². The number of para-hydroxylation sites is 1. The van der Waals surface area contributed by atoms with Crippen LogP contribution in [0.25, 0.3) is 11.3 Å². The van der Waals surface area contributed by atoms with Crippen molar-refractivity contribution in [1.82, 2.24) is 10.2 Å². The zero-order chi connectivity index (χ0) is 18.8. The molecule has 0 spiro atoms. The highest BCUT2D eigenvalue weighted by molar-refractivity contribution is 5.93. The molecule has 136 valence electrons. The topological polar surface area (TPSA) is 90.1 Å². The lowest BCUT2D eigenvalue weighted by atomic mass is 10.0. The van der Waals surface area contributed by atoms with E-state index in [1.807, 2.05) is 36.4 Å². The van der Waals surface area contributed by atoms with E-state index in [2.05, 4.69) is 15.5 Å². The molecule has 1 aromatic heterocycles. The van der Waals surface area contributed by atoms with Crippen molar-refractivity contribution in [2.45, 2.75) is 19.3 Å². The zero-order valence-electron chi connectivity index (χ0n) is 15.0. The maximum absolute atomic E-state index is 11.2. The van der Waals surface area contributed by atoms with Crippen molar-refractivity contribution in [2.24, 2.45) is 5.73 Å². The second-order valence-electron chi connectivity index (χ2n) is 6.47. The van der Waals surface area contributed by atoms with E-state index in [0.29, 0.717) is 5.56 Å². The summed E-state index contributed by atoms with van der Waals surface area (Å²) in [6.07, 6.45) is 2.99.